The number of carboxylic acid groups (broad SMARTS) is 1. The van der Waals surface area contributed by atoms with Crippen molar-refractivity contribution in [3.63, 3.8) is 0 Å². The molecule has 0 fully saturated rings. The first-order valence-electron chi connectivity index (χ1n) is 6.01. The second-order valence-corrected chi connectivity index (χ2v) is 4.30. The lowest BCUT2D eigenvalue weighted by Gasteiger charge is -2.16. The molecule has 0 bridgehead atoms. The number of hydrogen-bond donors (Lipinski definition) is 3. The number of carbonyl (C=O) groups excluding carboxylic acids is 1. The molecule has 0 aromatic rings. The van der Waals surface area contributed by atoms with Gasteiger partial charge in [0.2, 0.25) is 0 Å². The van der Waals surface area contributed by atoms with Gasteiger partial charge in [-0.25, -0.2) is 4.79 Å². The number of amides is 2. The van der Waals surface area contributed by atoms with E-state index in [2.05, 4.69) is 16.6 Å². The zero-order valence-electron chi connectivity index (χ0n) is 10.3. The number of urea groups is 1. The zero-order valence-corrected chi connectivity index (χ0v) is 10.3. The molecule has 0 aromatic heterocycles. The molecule has 0 saturated heterocycles. The van der Waals surface area contributed by atoms with Gasteiger partial charge < -0.3 is 15.7 Å². The summed E-state index contributed by atoms with van der Waals surface area (Å²) in [6, 6.07) is -0.881. The van der Waals surface area contributed by atoms with Crippen LogP contribution < -0.4 is 10.6 Å². The van der Waals surface area contributed by atoms with E-state index in [1.165, 1.54) is 0 Å². The van der Waals surface area contributed by atoms with Gasteiger partial charge in [-0.1, -0.05) is 31.4 Å². The average Bonchev–Trinajstić information content (AvgIpc) is 2.77. The Balaban J connectivity index is 2.36. The molecule has 3 atom stereocenters. The van der Waals surface area contributed by atoms with Crippen LogP contribution in [0.15, 0.2) is 12.2 Å². The molecular formula is C13H18N2O3. The highest BCUT2D eigenvalue weighted by Crippen LogP contribution is 2.17. The normalized spacial score (nSPS) is 23.1. The Morgan fingerprint density at radius 2 is 2.28 bits per heavy atom. The van der Waals surface area contributed by atoms with Crippen molar-refractivity contribution < 1.29 is 14.7 Å². The molecule has 0 saturated carbocycles. The SMILES string of the molecule is C#CC(CCC)NC(=O)NC1C=CC(C(=O)O)C1. The van der Waals surface area contributed by atoms with Gasteiger partial charge in [-0.2, -0.15) is 0 Å². The Hall–Kier alpha value is -1.96. The Labute approximate surface area is 107 Å². The van der Waals surface area contributed by atoms with Crippen molar-refractivity contribution in [1.29, 1.82) is 0 Å². The first-order chi connectivity index (χ1) is 8.56. The topological polar surface area (TPSA) is 78.4 Å². The quantitative estimate of drug-likeness (QED) is 0.505. The van der Waals surface area contributed by atoms with E-state index in [4.69, 9.17) is 11.5 Å². The van der Waals surface area contributed by atoms with Crippen LogP contribution in [0, 0.1) is 18.3 Å². The van der Waals surface area contributed by atoms with E-state index in [0.717, 1.165) is 12.8 Å². The molecule has 98 valence electrons. The van der Waals surface area contributed by atoms with Crippen LogP contribution in [-0.4, -0.2) is 29.2 Å². The van der Waals surface area contributed by atoms with Gasteiger partial charge in [0.05, 0.1) is 18.0 Å². The second kappa shape index (κ2) is 6.70. The lowest BCUT2D eigenvalue weighted by atomic mass is 10.1. The van der Waals surface area contributed by atoms with Crippen molar-refractivity contribution >= 4 is 12.0 Å². The molecule has 0 radical (unpaired) electrons. The minimum atomic E-state index is -0.872. The highest BCUT2D eigenvalue weighted by molar-refractivity contribution is 5.76. The molecule has 3 N–H and O–H groups in total. The highest BCUT2D eigenvalue weighted by Gasteiger charge is 2.25. The summed E-state index contributed by atoms with van der Waals surface area (Å²) in [6.07, 6.45) is 10.6. The minimum Gasteiger partial charge on any atom is -0.481 e. The fourth-order valence-electron chi connectivity index (χ4n) is 1.84. The molecular weight excluding hydrogens is 232 g/mol. The van der Waals surface area contributed by atoms with E-state index >= 15 is 0 Å². The van der Waals surface area contributed by atoms with Crippen molar-refractivity contribution in [3.8, 4) is 12.3 Å². The van der Waals surface area contributed by atoms with Gasteiger partial charge in [-0.05, 0) is 12.8 Å². The fraction of sp³-hybridized carbons (Fsp3) is 0.538. The number of nitrogens with one attached hydrogen (secondary N) is 2. The molecule has 0 aromatic carbocycles. The van der Waals surface area contributed by atoms with Crippen LogP contribution in [0.5, 0.6) is 0 Å². The third kappa shape index (κ3) is 4.13. The van der Waals surface area contributed by atoms with Crippen molar-refractivity contribution in [2.24, 2.45) is 5.92 Å². The molecule has 18 heavy (non-hydrogen) atoms. The third-order valence-corrected chi connectivity index (χ3v) is 2.80. The number of carboxylic acids is 1. The summed E-state index contributed by atoms with van der Waals surface area (Å²) in [4.78, 5) is 22.4. The molecule has 0 aliphatic heterocycles. The Morgan fingerprint density at radius 3 is 2.78 bits per heavy atom. The molecule has 2 amide bonds. The number of aliphatic carboxylic acids is 1. The van der Waals surface area contributed by atoms with Gasteiger partial charge in [0.1, 0.15) is 0 Å². The molecule has 1 aliphatic rings. The lowest BCUT2D eigenvalue weighted by molar-refractivity contribution is -0.140. The van der Waals surface area contributed by atoms with E-state index in [0.29, 0.717) is 6.42 Å². The maximum atomic E-state index is 11.6. The van der Waals surface area contributed by atoms with Gasteiger partial charge in [0, 0.05) is 0 Å². The van der Waals surface area contributed by atoms with Crippen LogP contribution in [0.3, 0.4) is 0 Å². The van der Waals surface area contributed by atoms with Crippen molar-refractivity contribution in [2.45, 2.75) is 38.3 Å². The molecule has 0 heterocycles. The van der Waals surface area contributed by atoms with Crippen LogP contribution >= 0.6 is 0 Å². The van der Waals surface area contributed by atoms with E-state index in [9.17, 15) is 9.59 Å². The van der Waals surface area contributed by atoms with Gasteiger partial charge in [0.25, 0.3) is 0 Å². The predicted molar refractivity (Wildman–Crippen MR) is 67.9 cm³/mol. The smallest absolute Gasteiger partial charge is 0.316 e. The standard InChI is InChI=1S/C13H18N2O3/c1-3-5-10(4-2)14-13(18)15-11-7-6-9(8-11)12(16)17/h2,6-7,9-11H,3,5,8H2,1H3,(H,16,17)(H2,14,15,18). The first-order valence-corrected chi connectivity index (χ1v) is 6.01. The van der Waals surface area contributed by atoms with E-state index in [1.54, 1.807) is 12.2 Å². The van der Waals surface area contributed by atoms with Crippen LogP contribution in [-0.2, 0) is 4.79 Å². The average molecular weight is 250 g/mol. The number of hydrogen-bond acceptors (Lipinski definition) is 2. The summed E-state index contributed by atoms with van der Waals surface area (Å²) in [5.41, 5.74) is 0. The number of rotatable bonds is 5. The monoisotopic (exact) mass is 250 g/mol. The summed E-state index contributed by atoms with van der Waals surface area (Å²) in [5, 5.41) is 14.2. The number of carbonyl (C=O) groups is 2. The van der Waals surface area contributed by atoms with Gasteiger partial charge >= 0.3 is 12.0 Å². The third-order valence-electron chi connectivity index (χ3n) is 2.80. The first kappa shape index (κ1) is 14.1. The second-order valence-electron chi connectivity index (χ2n) is 4.30. The van der Waals surface area contributed by atoms with Crippen molar-refractivity contribution in [1.82, 2.24) is 10.6 Å². The van der Waals surface area contributed by atoms with Crippen LogP contribution in [0.2, 0.25) is 0 Å². The summed E-state index contributed by atoms with van der Waals surface area (Å²) >= 11 is 0. The van der Waals surface area contributed by atoms with Gasteiger partial charge in [0.15, 0.2) is 0 Å². The van der Waals surface area contributed by atoms with E-state index in [1.807, 2.05) is 6.92 Å². The largest absolute Gasteiger partial charge is 0.481 e. The van der Waals surface area contributed by atoms with Gasteiger partial charge in [-0.15, -0.1) is 6.42 Å². The fourth-order valence-corrected chi connectivity index (χ4v) is 1.84. The molecule has 1 aliphatic carbocycles. The van der Waals surface area contributed by atoms with E-state index in [-0.39, 0.29) is 18.1 Å². The maximum Gasteiger partial charge on any atom is 0.316 e. The van der Waals surface area contributed by atoms with Crippen molar-refractivity contribution in [3.05, 3.63) is 12.2 Å². The zero-order chi connectivity index (χ0) is 13.5. The van der Waals surface area contributed by atoms with Crippen molar-refractivity contribution in [2.75, 3.05) is 0 Å². The van der Waals surface area contributed by atoms with Crippen LogP contribution in [0.25, 0.3) is 0 Å². The molecule has 3 unspecified atom stereocenters. The van der Waals surface area contributed by atoms with Crippen LogP contribution in [0.1, 0.15) is 26.2 Å². The molecule has 1 rings (SSSR count). The Bertz CT molecular complexity index is 384. The number of terminal acetylenes is 1. The van der Waals surface area contributed by atoms with E-state index < -0.39 is 11.9 Å². The Kier molecular flexibility index (Phi) is 5.25. The summed E-state index contributed by atoms with van der Waals surface area (Å²) in [5.74, 6) is 1.11. The predicted octanol–water partition coefficient (Wildman–Crippen LogP) is 1.12. The molecule has 5 nitrogen and oxygen atoms in total. The Morgan fingerprint density at radius 1 is 1.56 bits per heavy atom. The molecule has 5 heteroatoms. The summed E-state index contributed by atoms with van der Waals surface area (Å²) in [7, 11) is 0. The summed E-state index contributed by atoms with van der Waals surface area (Å²) < 4.78 is 0. The summed E-state index contributed by atoms with van der Waals surface area (Å²) in [6.45, 7) is 1.99. The minimum absolute atomic E-state index is 0.244. The lowest BCUT2D eigenvalue weighted by Crippen LogP contribution is -2.45. The highest BCUT2D eigenvalue weighted by atomic mass is 16.4. The van der Waals surface area contributed by atoms with Crippen LogP contribution in [0.4, 0.5) is 4.79 Å². The van der Waals surface area contributed by atoms with Gasteiger partial charge in [-0.3, -0.25) is 4.79 Å². The maximum absolute atomic E-state index is 11.6. The molecule has 0 spiro atoms.